The predicted molar refractivity (Wildman–Crippen MR) is 61.7 cm³/mol. The molecule has 78 valence electrons. The van der Waals surface area contributed by atoms with Crippen molar-refractivity contribution in [2.24, 2.45) is 0 Å². The van der Waals surface area contributed by atoms with E-state index in [0.29, 0.717) is 6.61 Å². The first-order chi connectivity index (χ1) is 6.60. The molecule has 0 radical (unpaired) electrons. The summed E-state index contributed by atoms with van der Waals surface area (Å²) < 4.78 is 10.9. The SMILES string of the molecule is CCOc1ccc([Si](C)(C)OC)cc1. The minimum Gasteiger partial charge on any atom is -0.494 e. The van der Waals surface area contributed by atoms with Crippen LogP contribution in [0.5, 0.6) is 5.75 Å². The summed E-state index contributed by atoms with van der Waals surface area (Å²) in [6.07, 6.45) is 0. The van der Waals surface area contributed by atoms with Crippen molar-refractivity contribution < 1.29 is 9.16 Å². The van der Waals surface area contributed by atoms with Gasteiger partial charge in [-0.2, -0.15) is 0 Å². The molecule has 0 aromatic heterocycles. The molecule has 1 aromatic carbocycles. The van der Waals surface area contributed by atoms with Gasteiger partial charge >= 0.3 is 0 Å². The Labute approximate surface area is 87.0 Å². The third kappa shape index (κ3) is 2.59. The third-order valence-corrected chi connectivity index (χ3v) is 5.12. The van der Waals surface area contributed by atoms with Gasteiger partial charge in [-0.15, -0.1) is 0 Å². The molecule has 0 amide bonds. The van der Waals surface area contributed by atoms with E-state index in [9.17, 15) is 0 Å². The standard InChI is InChI=1S/C11H18O2Si/c1-5-13-10-6-8-11(9-7-10)14(3,4)12-2/h6-9H,5H2,1-4H3. The molecule has 0 aliphatic carbocycles. The second-order valence-corrected chi connectivity index (χ2v) is 7.68. The molecule has 0 heterocycles. The van der Waals surface area contributed by atoms with Crippen LogP contribution in [0, 0.1) is 0 Å². The molecule has 0 spiro atoms. The number of hydrogen-bond donors (Lipinski definition) is 0. The lowest BCUT2D eigenvalue weighted by Crippen LogP contribution is -2.43. The molecular formula is C11H18O2Si. The van der Waals surface area contributed by atoms with E-state index in [1.807, 2.05) is 19.1 Å². The second-order valence-electron chi connectivity index (χ2n) is 3.67. The number of rotatable bonds is 4. The van der Waals surface area contributed by atoms with E-state index >= 15 is 0 Å². The Kier molecular flexibility index (Phi) is 3.72. The molecule has 1 rings (SSSR count). The summed E-state index contributed by atoms with van der Waals surface area (Å²) in [6, 6.07) is 8.21. The van der Waals surface area contributed by atoms with Gasteiger partial charge in [0.15, 0.2) is 0 Å². The van der Waals surface area contributed by atoms with Crippen LogP contribution in [0.15, 0.2) is 24.3 Å². The van der Waals surface area contributed by atoms with Crippen LogP contribution < -0.4 is 9.92 Å². The Bertz CT molecular complexity index is 280. The van der Waals surface area contributed by atoms with Gasteiger partial charge in [0.25, 0.3) is 0 Å². The highest BCUT2D eigenvalue weighted by Crippen LogP contribution is 2.10. The maximum Gasteiger partial charge on any atom is 0.217 e. The van der Waals surface area contributed by atoms with Gasteiger partial charge in [0.2, 0.25) is 8.32 Å². The van der Waals surface area contributed by atoms with Gasteiger partial charge in [-0.25, -0.2) is 0 Å². The molecule has 0 N–H and O–H groups in total. The highest BCUT2D eigenvalue weighted by atomic mass is 28.4. The van der Waals surface area contributed by atoms with E-state index in [1.54, 1.807) is 7.11 Å². The Balaban J connectivity index is 2.82. The van der Waals surface area contributed by atoms with Crippen LogP contribution >= 0.6 is 0 Å². The van der Waals surface area contributed by atoms with Gasteiger partial charge in [0, 0.05) is 7.11 Å². The molecule has 0 atom stereocenters. The lowest BCUT2D eigenvalue weighted by Gasteiger charge is -2.20. The molecule has 0 fully saturated rings. The van der Waals surface area contributed by atoms with Crippen molar-refractivity contribution in [2.75, 3.05) is 13.7 Å². The fraction of sp³-hybridized carbons (Fsp3) is 0.455. The number of benzene rings is 1. The average Bonchev–Trinajstić information content (AvgIpc) is 2.19. The smallest absolute Gasteiger partial charge is 0.217 e. The van der Waals surface area contributed by atoms with E-state index < -0.39 is 8.32 Å². The molecule has 0 bridgehead atoms. The average molecular weight is 210 g/mol. The van der Waals surface area contributed by atoms with Crippen molar-refractivity contribution in [3.63, 3.8) is 0 Å². The molecular weight excluding hydrogens is 192 g/mol. The van der Waals surface area contributed by atoms with Crippen LogP contribution in [0.3, 0.4) is 0 Å². The number of ether oxygens (including phenoxy) is 1. The minimum atomic E-state index is -1.65. The highest BCUT2D eigenvalue weighted by Gasteiger charge is 2.23. The van der Waals surface area contributed by atoms with Crippen LogP contribution in [0.25, 0.3) is 0 Å². The summed E-state index contributed by atoms with van der Waals surface area (Å²) in [6.45, 7) is 7.07. The van der Waals surface area contributed by atoms with Gasteiger partial charge in [0.05, 0.1) is 6.61 Å². The zero-order valence-corrected chi connectivity index (χ0v) is 10.3. The zero-order valence-electron chi connectivity index (χ0n) is 9.33. The Morgan fingerprint density at radius 2 is 1.71 bits per heavy atom. The summed E-state index contributed by atoms with van der Waals surface area (Å²) in [5.41, 5.74) is 0. The van der Waals surface area contributed by atoms with Crippen LogP contribution in [0.2, 0.25) is 13.1 Å². The Hall–Kier alpha value is -0.803. The summed E-state index contributed by atoms with van der Waals surface area (Å²) >= 11 is 0. The fourth-order valence-corrected chi connectivity index (χ4v) is 2.44. The number of hydrogen-bond acceptors (Lipinski definition) is 2. The van der Waals surface area contributed by atoms with Crippen LogP contribution in [0.1, 0.15) is 6.92 Å². The van der Waals surface area contributed by atoms with Gasteiger partial charge in [0.1, 0.15) is 5.75 Å². The summed E-state index contributed by atoms with van der Waals surface area (Å²) in [4.78, 5) is 0. The topological polar surface area (TPSA) is 18.5 Å². The predicted octanol–water partition coefficient (Wildman–Crippen LogP) is 2.14. The van der Waals surface area contributed by atoms with E-state index in [0.717, 1.165) is 5.75 Å². The Morgan fingerprint density at radius 3 is 2.14 bits per heavy atom. The normalized spacial score (nSPS) is 11.4. The van der Waals surface area contributed by atoms with E-state index in [-0.39, 0.29) is 0 Å². The molecule has 0 unspecified atom stereocenters. The summed E-state index contributed by atoms with van der Waals surface area (Å²) in [5.74, 6) is 0.928. The van der Waals surface area contributed by atoms with Crippen molar-refractivity contribution in [3.05, 3.63) is 24.3 Å². The van der Waals surface area contributed by atoms with Crippen LogP contribution in [-0.2, 0) is 4.43 Å². The lowest BCUT2D eigenvalue weighted by molar-refractivity contribution is 0.340. The van der Waals surface area contributed by atoms with E-state index in [2.05, 4.69) is 25.2 Å². The van der Waals surface area contributed by atoms with Gasteiger partial charge in [-0.05, 0) is 37.3 Å². The van der Waals surface area contributed by atoms with Gasteiger partial charge in [-0.3, -0.25) is 0 Å². The molecule has 0 aliphatic rings. The third-order valence-electron chi connectivity index (χ3n) is 2.37. The van der Waals surface area contributed by atoms with Crippen molar-refractivity contribution in [2.45, 2.75) is 20.0 Å². The molecule has 14 heavy (non-hydrogen) atoms. The largest absolute Gasteiger partial charge is 0.494 e. The summed E-state index contributed by atoms with van der Waals surface area (Å²) in [7, 11) is 0.126. The van der Waals surface area contributed by atoms with Crippen molar-refractivity contribution in [1.82, 2.24) is 0 Å². The van der Waals surface area contributed by atoms with E-state index in [1.165, 1.54) is 5.19 Å². The van der Waals surface area contributed by atoms with Crippen molar-refractivity contribution in [1.29, 1.82) is 0 Å². The Morgan fingerprint density at radius 1 is 1.14 bits per heavy atom. The molecule has 0 saturated heterocycles. The fourth-order valence-electron chi connectivity index (χ4n) is 1.24. The maximum atomic E-state index is 5.52. The molecule has 0 saturated carbocycles. The first-order valence-electron chi connectivity index (χ1n) is 4.88. The summed E-state index contributed by atoms with van der Waals surface area (Å²) in [5, 5.41) is 1.29. The zero-order chi connectivity index (χ0) is 10.6. The highest BCUT2D eigenvalue weighted by molar-refractivity contribution is 6.84. The van der Waals surface area contributed by atoms with Gasteiger partial charge < -0.3 is 9.16 Å². The van der Waals surface area contributed by atoms with Crippen molar-refractivity contribution in [3.8, 4) is 5.75 Å². The van der Waals surface area contributed by atoms with Crippen LogP contribution in [-0.4, -0.2) is 22.0 Å². The first kappa shape index (κ1) is 11.3. The monoisotopic (exact) mass is 210 g/mol. The molecule has 1 aromatic rings. The lowest BCUT2D eigenvalue weighted by atomic mass is 10.3. The first-order valence-corrected chi connectivity index (χ1v) is 7.79. The molecule has 3 heteroatoms. The van der Waals surface area contributed by atoms with Gasteiger partial charge in [-0.1, -0.05) is 12.1 Å². The minimum absolute atomic E-state index is 0.713. The quantitative estimate of drug-likeness (QED) is 0.709. The molecule has 2 nitrogen and oxygen atoms in total. The second kappa shape index (κ2) is 4.62. The maximum absolute atomic E-state index is 5.52. The molecule has 0 aliphatic heterocycles. The van der Waals surface area contributed by atoms with Crippen LogP contribution in [0.4, 0.5) is 0 Å². The van der Waals surface area contributed by atoms with E-state index in [4.69, 9.17) is 9.16 Å². The van der Waals surface area contributed by atoms with Crippen molar-refractivity contribution >= 4 is 13.5 Å².